The van der Waals surface area contributed by atoms with Gasteiger partial charge < -0.3 is 10.1 Å². The average Bonchev–Trinajstić information content (AvgIpc) is 2.39. The lowest BCUT2D eigenvalue weighted by molar-refractivity contribution is 0.127. The summed E-state index contributed by atoms with van der Waals surface area (Å²) in [4.78, 5) is 0. The van der Waals surface area contributed by atoms with E-state index in [-0.39, 0.29) is 18.0 Å². The van der Waals surface area contributed by atoms with Crippen molar-refractivity contribution in [3.63, 3.8) is 0 Å². The van der Waals surface area contributed by atoms with Crippen molar-refractivity contribution in [1.29, 1.82) is 0 Å². The fourth-order valence-corrected chi connectivity index (χ4v) is 3.05. The summed E-state index contributed by atoms with van der Waals surface area (Å²) in [6.45, 7) is 7.32. The van der Waals surface area contributed by atoms with Crippen molar-refractivity contribution >= 4 is 0 Å². The van der Waals surface area contributed by atoms with Crippen molar-refractivity contribution in [2.75, 3.05) is 6.54 Å². The van der Waals surface area contributed by atoms with Gasteiger partial charge >= 0.3 is 0 Å². The minimum absolute atomic E-state index is 0.177. The van der Waals surface area contributed by atoms with E-state index in [1.54, 1.807) is 0 Å². The Labute approximate surface area is 121 Å². The summed E-state index contributed by atoms with van der Waals surface area (Å²) < 4.78 is 19.7. The fraction of sp³-hybridized carbons (Fsp3) is 0.647. The number of ether oxygens (including phenoxy) is 1. The number of nitrogens with one attached hydrogen (secondary N) is 1. The summed E-state index contributed by atoms with van der Waals surface area (Å²) in [7, 11) is 0. The number of hydrogen-bond acceptors (Lipinski definition) is 2. The predicted molar refractivity (Wildman–Crippen MR) is 80.5 cm³/mol. The maximum atomic E-state index is 13.5. The Morgan fingerprint density at radius 3 is 2.90 bits per heavy atom. The first-order valence-electron chi connectivity index (χ1n) is 7.79. The van der Waals surface area contributed by atoms with E-state index < -0.39 is 0 Å². The molecule has 0 radical (unpaired) electrons. The van der Waals surface area contributed by atoms with Gasteiger partial charge in [0.2, 0.25) is 0 Å². The van der Waals surface area contributed by atoms with Gasteiger partial charge in [-0.3, -0.25) is 0 Å². The van der Waals surface area contributed by atoms with Crippen LogP contribution in [0.25, 0.3) is 0 Å². The smallest absolute Gasteiger partial charge is 0.127 e. The molecule has 1 fully saturated rings. The molecule has 3 heteroatoms. The molecule has 1 N–H and O–H groups in total. The Morgan fingerprint density at radius 1 is 1.40 bits per heavy atom. The molecule has 0 aliphatic heterocycles. The van der Waals surface area contributed by atoms with Crippen LogP contribution in [-0.4, -0.2) is 12.6 Å². The summed E-state index contributed by atoms with van der Waals surface area (Å²) in [5.74, 6) is 1.19. The Hall–Kier alpha value is -1.09. The SMILES string of the molecule is CCNC(C)c1ccc(F)cc1OC1CCCC(C)C1. The van der Waals surface area contributed by atoms with Gasteiger partial charge in [-0.15, -0.1) is 0 Å². The molecule has 3 atom stereocenters. The van der Waals surface area contributed by atoms with Gasteiger partial charge in [0.05, 0.1) is 6.10 Å². The summed E-state index contributed by atoms with van der Waals surface area (Å²) >= 11 is 0. The molecule has 2 rings (SSSR count). The van der Waals surface area contributed by atoms with Crippen molar-refractivity contribution in [2.45, 2.75) is 58.6 Å². The molecule has 0 amide bonds. The molecule has 0 bridgehead atoms. The second-order valence-electron chi connectivity index (χ2n) is 5.97. The molecule has 1 saturated carbocycles. The predicted octanol–water partition coefficient (Wildman–Crippen LogP) is 4.45. The first-order chi connectivity index (χ1) is 9.60. The van der Waals surface area contributed by atoms with Crippen LogP contribution in [0.15, 0.2) is 18.2 Å². The van der Waals surface area contributed by atoms with E-state index in [1.165, 1.54) is 25.0 Å². The van der Waals surface area contributed by atoms with Crippen molar-refractivity contribution in [1.82, 2.24) is 5.32 Å². The van der Waals surface area contributed by atoms with Gasteiger partial charge in [-0.1, -0.05) is 26.3 Å². The second-order valence-corrected chi connectivity index (χ2v) is 5.97. The third-order valence-electron chi connectivity index (χ3n) is 4.13. The molecule has 2 nitrogen and oxygen atoms in total. The summed E-state index contributed by atoms with van der Waals surface area (Å²) in [5, 5.41) is 3.37. The molecular formula is C17H26FNO. The van der Waals surface area contributed by atoms with Crippen LogP contribution >= 0.6 is 0 Å². The minimum atomic E-state index is -0.226. The van der Waals surface area contributed by atoms with E-state index in [0.717, 1.165) is 24.9 Å². The highest BCUT2D eigenvalue weighted by Gasteiger charge is 2.22. The Morgan fingerprint density at radius 2 is 2.20 bits per heavy atom. The van der Waals surface area contributed by atoms with Gasteiger partial charge in [-0.2, -0.15) is 0 Å². The van der Waals surface area contributed by atoms with Crippen molar-refractivity contribution < 1.29 is 9.13 Å². The molecule has 1 aliphatic carbocycles. The van der Waals surface area contributed by atoms with E-state index in [0.29, 0.717) is 11.7 Å². The molecular weight excluding hydrogens is 253 g/mol. The maximum absolute atomic E-state index is 13.5. The highest BCUT2D eigenvalue weighted by Crippen LogP contribution is 2.31. The fourth-order valence-electron chi connectivity index (χ4n) is 3.05. The van der Waals surface area contributed by atoms with Crippen LogP contribution in [0.3, 0.4) is 0 Å². The lowest BCUT2D eigenvalue weighted by Gasteiger charge is -2.29. The molecule has 1 aromatic carbocycles. The van der Waals surface area contributed by atoms with Crippen LogP contribution in [-0.2, 0) is 0 Å². The van der Waals surface area contributed by atoms with Crippen molar-refractivity contribution in [3.8, 4) is 5.75 Å². The molecule has 0 heterocycles. The zero-order valence-corrected chi connectivity index (χ0v) is 12.8. The van der Waals surface area contributed by atoms with Crippen LogP contribution in [0.4, 0.5) is 4.39 Å². The van der Waals surface area contributed by atoms with E-state index in [4.69, 9.17) is 4.74 Å². The highest BCUT2D eigenvalue weighted by atomic mass is 19.1. The summed E-state index contributed by atoms with van der Waals surface area (Å²) in [5.41, 5.74) is 1.05. The average molecular weight is 279 g/mol. The van der Waals surface area contributed by atoms with Gasteiger partial charge in [0, 0.05) is 17.7 Å². The number of benzene rings is 1. The molecule has 0 saturated heterocycles. The molecule has 3 unspecified atom stereocenters. The third-order valence-corrected chi connectivity index (χ3v) is 4.13. The lowest BCUT2D eigenvalue weighted by atomic mass is 9.88. The van der Waals surface area contributed by atoms with Crippen LogP contribution in [0.2, 0.25) is 0 Å². The van der Waals surface area contributed by atoms with E-state index in [9.17, 15) is 4.39 Å². The van der Waals surface area contributed by atoms with Crippen LogP contribution in [0.5, 0.6) is 5.75 Å². The van der Waals surface area contributed by atoms with Crippen molar-refractivity contribution in [2.24, 2.45) is 5.92 Å². The first-order valence-corrected chi connectivity index (χ1v) is 7.79. The quantitative estimate of drug-likeness (QED) is 0.859. The maximum Gasteiger partial charge on any atom is 0.127 e. The van der Waals surface area contributed by atoms with E-state index in [1.807, 2.05) is 6.07 Å². The topological polar surface area (TPSA) is 21.3 Å². The van der Waals surface area contributed by atoms with Crippen LogP contribution < -0.4 is 10.1 Å². The largest absolute Gasteiger partial charge is 0.490 e. The van der Waals surface area contributed by atoms with Gasteiger partial charge in [0.1, 0.15) is 11.6 Å². The molecule has 1 aliphatic rings. The minimum Gasteiger partial charge on any atom is -0.490 e. The standard InChI is InChI=1S/C17H26FNO/c1-4-19-13(3)16-9-8-14(18)11-17(16)20-15-7-5-6-12(2)10-15/h8-9,11-13,15,19H,4-7,10H2,1-3H3. The second kappa shape index (κ2) is 7.07. The monoisotopic (exact) mass is 279 g/mol. The Bertz CT molecular complexity index is 435. The molecule has 0 spiro atoms. The van der Waals surface area contributed by atoms with Crippen LogP contribution in [0.1, 0.15) is 58.1 Å². The molecule has 112 valence electrons. The normalized spacial score (nSPS) is 24.4. The number of halogens is 1. The van der Waals surface area contributed by atoms with Gasteiger partial charge in [-0.05, 0) is 44.7 Å². The van der Waals surface area contributed by atoms with Gasteiger partial charge in [0.15, 0.2) is 0 Å². The molecule has 1 aromatic rings. The summed E-state index contributed by atoms with van der Waals surface area (Å²) in [6.07, 6.45) is 4.87. The first kappa shape index (κ1) is 15.3. The van der Waals surface area contributed by atoms with Gasteiger partial charge in [0.25, 0.3) is 0 Å². The Kier molecular flexibility index (Phi) is 5.41. The molecule has 0 aromatic heterocycles. The van der Waals surface area contributed by atoms with Gasteiger partial charge in [-0.25, -0.2) is 4.39 Å². The lowest BCUT2D eigenvalue weighted by Crippen LogP contribution is -2.25. The third kappa shape index (κ3) is 3.95. The number of rotatable bonds is 5. The van der Waals surface area contributed by atoms with E-state index >= 15 is 0 Å². The Balaban J connectivity index is 2.14. The number of hydrogen-bond donors (Lipinski definition) is 1. The zero-order valence-electron chi connectivity index (χ0n) is 12.8. The van der Waals surface area contributed by atoms with Crippen molar-refractivity contribution in [3.05, 3.63) is 29.6 Å². The molecule has 20 heavy (non-hydrogen) atoms. The zero-order chi connectivity index (χ0) is 14.5. The highest BCUT2D eigenvalue weighted by molar-refractivity contribution is 5.36. The van der Waals surface area contributed by atoms with Crippen LogP contribution in [0, 0.1) is 11.7 Å². The van der Waals surface area contributed by atoms with E-state index in [2.05, 4.69) is 26.1 Å². The summed E-state index contributed by atoms with van der Waals surface area (Å²) in [6, 6.07) is 5.06.